The number of hydrogen-bond acceptors (Lipinski definition) is 2. The van der Waals surface area contributed by atoms with E-state index in [1.807, 2.05) is 11.9 Å². The van der Waals surface area contributed by atoms with Gasteiger partial charge in [-0.2, -0.15) is 0 Å². The van der Waals surface area contributed by atoms with Crippen molar-refractivity contribution in [2.45, 2.75) is 25.7 Å². The van der Waals surface area contributed by atoms with E-state index >= 15 is 0 Å². The Bertz CT molecular complexity index is 464. The van der Waals surface area contributed by atoms with Gasteiger partial charge in [0.15, 0.2) is 0 Å². The summed E-state index contributed by atoms with van der Waals surface area (Å²) in [5.41, 5.74) is 7.04. The van der Waals surface area contributed by atoms with Crippen molar-refractivity contribution in [1.82, 2.24) is 4.90 Å². The fraction of sp³-hybridized carbons (Fsp3) is 0.467. The zero-order chi connectivity index (χ0) is 13.8. The molecule has 1 aliphatic rings. The molecule has 1 amide bonds. The molecule has 2 N–H and O–H groups in total. The number of benzene rings is 1. The third-order valence-electron chi connectivity index (χ3n) is 3.77. The normalized spacial score (nSPS) is 15.4. The van der Waals surface area contributed by atoms with Crippen LogP contribution in [0.15, 0.2) is 24.3 Å². The van der Waals surface area contributed by atoms with Crippen molar-refractivity contribution >= 4 is 23.1 Å². The first-order chi connectivity index (χ1) is 9.08. The minimum Gasteiger partial charge on any atom is -0.389 e. The zero-order valence-electron chi connectivity index (χ0n) is 11.3. The van der Waals surface area contributed by atoms with Crippen molar-refractivity contribution in [2.24, 2.45) is 11.7 Å². The van der Waals surface area contributed by atoms with Crippen LogP contribution in [-0.4, -0.2) is 29.4 Å². The molecular weight excluding hydrogens is 256 g/mol. The van der Waals surface area contributed by atoms with Crippen LogP contribution in [0.25, 0.3) is 0 Å². The molecule has 1 aromatic rings. The Morgan fingerprint density at radius 3 is 2.32 bits per heavy atom. The molecule has 0 radical (unpaired) electrons. The van der Waals surface area contributed by atoms with Crippen LogP contribution >= 0.6 is 12.2 Å². The van der Waals surface area contributed by atoms with E-state index in [0.717, 1.165) is 12.1 Å². The van der Waals surface area contributed by atoms with E-state index in [1.165, 1.54) is 25.7 Å². The van der Waals surface area contributed by atoms with Crippen LogP contribution in [0.5, 0.6) is 0 Å². The second kappa shape index (κ2) is 6.15. The molecule has 2 rings (SSSR count). The summed E-state index contributed by atoms with van der Waals surface area (Å²) in [4.78, 5) is 14.5. The van der Waals surface area contributed by atoms with E-state index in [0.29, 0.717) is 16.5 Å². The van der Waals surface area contributed by atoms with Crippen molar-refractivity contribution < 1.29 is 4.79 Å². The second-order valence-electron chi connectivity index (χ2n) is 5.28. The fourth-order valence-corrected chi connectivity index (χ4v) is 2.80. The van der Waals surface area contributed by atoms with Gasteiger partial charge in [-0.3, -0.25) is 4.79 Å². The van der Waals surface area contributed by atoms with Crippen LogP contribution in [0.1, 0.15) is 41.6 Å². The van der Waals surface area contributed by atoms with Gasteiger partial charge < -0.3 is 10.6 Å². The monoisotopic (exact) mass is 276 g/mol. The van der Waals surface area contributed by atoms with E-state index in [9.17, 15) is 4.79 Å². The lowest BCUT2D eigenvalue weighted by molar-refractivity contribution is 0.0773. The van der Waals surface area contributed by atoms with E-state index in [2.05, 4.69) is 0 Å². The van der Waals surface area contributed by atoms with Gasteiger partial charge in [-0.25, -0.2) is 0 Å². The van der Waals surface area contributed by atoms with Gasteiger partial charge in [0.1, 0.15) is 4.99 Å². The van der Waals surface area contributed by atoms with Gasteiger partial charge >= 0.3 is 0 Å². The zero-order valence-corrected chi connectivity index (χ0v) is 12.1. The second-order valence-corrected chi connectivity index (χ2v) is 5.72. The maximum Gasteiger partial charge on any atom is 0.253 e. The Morgan fingerprint density at radius 1 is 1.26 bits per heavy atom. The van der Waals surface area contributed by atoms with Gasteiger partial charge in [0.2, 0.25) is 0 Å². The quantitative estimate of drug-likeness (QED) is 0.860. The van der Waals surface area contributed by atoms with Gasteiger partial charge in [0.25, 0.3) is 5.91 Å². The molecule has 102 valence electrons. The summed E-state index contributed by atoms with van der Waals surface area (Å²) >= 11 is 4.90. The molecule has 0 aliphatic heterocycles. The van der Waals surface area contributed by atoms with E-state index in [-0.39, 0.29) is 5.91 Å². The highest BCUT2D eigenvalue weighted by molar-refractivity contribution is 7.80. The number of hydrogen-bond donors (Lipinski definition) is 1. The first kappa shape index (κ1) is 14.0. The predicted octanol–water partition coefficient (Wildman–Crippen LogP) is 2.58. The summed E-state index contributed by atoms with van der Waals surface area (Å²) < 4.78 is 0. The standard InChI is InChI=1S/C15H20N2OS/c1-17(10-11-4-2-3-5-11)15(18)13-8-6-12(7-9-13)14(16)19/h6-9,11H,2-5,10H2,1H3,(H2,16,19). The van der Waals surface area contributed by atoms with Crippen molar-refractivity contribution in [3.8, 4) is 0 Å². The first-order valence-electron chi connectivity index (χ1n) is 6.73. The Kier molecular flexibility index (Phi) is 4.53. The van der Waals surface area contributed by atoms with E-state index in [4.69, 9.17) is 18.0 Å². The topological polar surface area (TPSA) is 46.3 Å². The van der Waals surface area contributed by atoms with Crippen LogP contribution in [0.2, 0.25) is 0 Å². The Hall–Kier alpha value is -1.42. The Morgan fingerprint density at radius 2 is 1.79 bits per heavy atom. The number of carbonyl (C=O) groups excluding carboxylic acids is 1. The molecule has 0 atom stereocenters. The molecule has 1 aliphatic carbocycles. The minimum absolute atomic E-state index is 0.0707. The molecule has 0 bridgehead atoms. The molecule has 4 heteroatoms. The van der Waals surface area contributed by atoms with Gasteiger partial charge in [0, 0.05) is 24.7 Å². The summed E-state index contributed by atoms with van der Waals surface area (Å²) in [7, 11) is 1.88. The van der Waals surface area contributed by atoms with Crippen molar-refractivity contribution in [1.29, 1.82) is 0 Å². The van der Waals surface area contributed by atoms with Gasteiger partial charge in [0.05, 0.1) is 0 Å². The molecule has 1 aromatic carbocycles. The van der Waals surface area contributed by atoms with Crippen LogP contribution in [-0.2, 0) is 0 Å². The van der Waals surface area contributed by atoms with Crippen LogP contribution in [0.4, 0.5) is 0 Å². The number of rotatable bonds is 4. The average molecular weight is 276 g/mol. The summed E-state index contributed by atoms with van der Waals surface area (Å²) in [5.74, 6) is 0.742. The summed E-state index contributed by atoms with van der Waals surface area (Å²) in [6.07, 6.45) is 5.10. The van der Waals surface area contributed by atoms with Gasteiger partial charge in [-0.05, 0) is 30.9 Å². The summed E-state index contributed by atoms with van der Waals surface area (Å²) in [5, 5.41) is 0. The van der Waals surface area contributed by atoms with E-state index in [1.54, 1.807) is 24.3 Å². The molecule has 0 aromatic heterocycles. The molecule has 1 saturated carbocycles. The number of nitrogens with two attached hydrogens (primary N) is 1. The molecule has 0 unspecified atom stereocenters. The van der Waals surface area contributed by atoms with Gasteiger partial charge in [-0.1, -0.05) is 37.2 Å². The Labute approximate surface area is 119 Å². The number of nitrogens with zero attached hydrogens (tertiary/aromatic N) is 1. The maximum absolute atomic E-state index is 12.3. The molecule has 1 fully saturated rings. The number of thiocarbonyl (C=S) groups is 1. The molecule has 19 heavy (non-hydrogen) atoms. The van der Waals surface area contributed by atoms with Crippen molar-refractivity contribution in [2.75, 3.05) is 13.6 Å². The fourth-order valence-electron chi connectivity index (χ4n) is 2.66. The predicted molar refractivity (Wildman–Crippen MR) is 81.2 cm³/mol. The van der Waals surface area contributed by atoms with Gasteiger partial charge in [-0.15, -0.1) is 0 Å². The highest BCUT2D eigenvalue weighted by Gasteiger charge is 2.20. The number of amides is 1. The first-order valence-corrected chi connectivity index (χ1v) is 7.14. The highest BCUT2D eigenvalue weighted by atomic mass is 32.1. The maximum atomic E-state index is 12.3. The lowest BCUT2D eigenvalue weighted by atomic mass is 10.1. The average Bonchev–Trinajstić information content (AvgIpc) is 2.90. The smallest absolute Gasteiger partial charge is 0.253 e. The molecule has 0 heterocycles. The largest absolute Gasteiger partial charge is 0.389 e. The third-order valence-corrected chi connectivity index (χ3v) is 4.01. The number of carbonyl (C=O) groups is 1. The highest BCUT2D eigenvalue weighted by Crippen LogP contribution is 2.25. The molecule has 0 spiro atoms. The molecule has 3 nitrogen and oxygen atoms in total. The van der Waals surface area contributed by atoms with Crippen molar-refractivity contribution in [3.63, 3.8) is 0 Å². The Balaban J connectivity index is 1.99. The minimum atomic E-state index is 0.0707. The van der Waals surface area contributed by atoms with Crippen LogP contribution < -0.4 is 5.73 Å². The van der Waals surface area contributed by atoms with Crippen LogP contribution in [0.3, 0.4) is 0 Å². The van der Waals surface area contributed by atoms with Crippen LogP contribution in [0, 0.1) is 5.92 Å². The summed E-state index contributed by atoms with van der Waals surface area (Å²) in [6.45, 7) is 0.857. The SMILES string of the molecule is CN(CC1CCCC1)C(=O)c1ccc(C(N)=S)cc1. The lowest BCUT2D eigenvalue weighted by Crippen LogP contribution is -2.31. The summed E-state index contributed by atoms with van der Waals surface area (Å²) in [6, 6.07) is 7.20. The lowest BCUT2D eigenvalue weighted by Gasteiger charge is -2.21. The molecule has 0 saturated heterocycles. The molecular formula is C15H20N2OS. The van der Waals surface area contributed by atoms with Crippen molar-refractivity contribution in [3.05, 3.63) is 35.4 Å². The third kappa shape index (κ3) is 3.53. The van der Waals surface area contributed by atoms with E-state index < -0.39 is 0 Å².